The molecule has 7 nitrogen and oxygen atoms in total. The molecule has 128 valence electrons. The Balaban J connectivity index is 1.55. The normalized spacial score (nSPS) is 24.8. The first-order chi connectivity index (χ1) is 10.9. The Morgan fingerprint density at radius 1 is 1.17 bits per heavy atom. The number of hydrogen-bond acceptors (Lipinski definition) is 5. The SMILES string of the molecule is C[C@@H]1CN(S(=O)(=O)NCCc2ccc3c(c2)OCO3)C[C@@H](C)O1. The van der Waals surface area contributed by atoms with E-state index in [-0.39, 0.29) is 19.0 Å². The second-order valence-corrected chi connectivity index (χ2v) is 7.67. The van der Waals surface area contributed by atoms with Crippen molar-refractivity contribution >= 4 is 10.2 Å². The van der Waals surface area contributed by atoms with Gasteiger partial charge in [0.05, 0.1) is 12.2 Å². The number of hydrogen-bond donors (Lipinski definition) is 1. The number of morpholine rings is 1. The zero-order valence-corrected chi connectivity index (χ0v) is 14.1. The molecule has 0 radical (unpaired) electrons. The average molecular weight is 342 g/mol. The Hall–Kier alpha value is -1.35. The van der Waals surface area contributed by atoms with Gasteiger partial charge in [-0.2, -0.15) is 12.7 Å². The summed E-state index contributed by atoms with van der Waals surface area (Å²) in [7, 11) is -3.48. The molecule has 2 aliphatic rings. The first kappa shape index (κ1) is 16.5. The maximum absolute atomic E-state index is 12.4. The molecule has 2 aliphatic heterocycles. The Labute approximate surface area is 136 Å². The highest BCUT2D eigenvalue weighted by Crippen LogP contribution is 2.32. The fourth-order valence-electron chi connectivity index (χ4n) is 2.84. The van der Waals surface area contributed by atoms with Crippen molar-refractivity contribution in [1.82, 2.24) is 9.03 Å². The van der Waals surface area contributed by atoms with Crippen LogP contribution in [0.25, 0.3) is 0 Å². The molecule has 1 aromatic rings. The summed E-state index contributed by atoms with van der Waals surface area (Å²) in [6.45, 7) is 5.09. The largest absolute Gasteiger partial charge is 0.454 e. The third-order valence-electron chi connectivity index (χ3n) is 3.86. The minimum absolute atomic E-state index is 0.0933. The molecule has 1 saturated heterocycles. The van der Waals surface area contributed by atoms with Crippen LogP contribution >= 0.6 is 0 Å². The van der Waals surface area contributed by atoms with Crippen molar-refractivity contribution in [2.24, 2.45) is 0 Å². The van der Waals surface area contributed by atoms with Gasteiger partial charge in [-0.15, -0.1) is 0 Å². The predicted molar refractivity (Wildman–Crippen MR) is 84.8 cm³/mol. The summed E-state index contributed by atoms with van der Waals surface area (Å²) in [6, 6.07) is 5.65. The lowest BCUT2D eigenvalue weighted by atomic mass is 10.1. The number of fused-ring (bicyclic) bond motifs is 1. The van der Waals surface area contributed by atoms with E-state index in [1.165, 1.54) is 4.31 Å². The summed E-state index contributed by atoms with van der Waals surface area (Å²) >= 11 is 0. The maximum atomic E-state index is 12.4. The molecule has 8 heteroatoms. The van der Waals surface area contributed by atoms with Gasteiger partial charge in [-0.25, -0.2) is 4.72 Å². The van der Waals surface area contributed by atoms with E-state index in [4.69, 9.17) is 14.2 Å². The van der Waals surface area contributed by atoms with Crippen LogP contribution in [0.3, 0.4) is 0 Å². The van der Waals surface area contributed by atoms with Gasteiger partial charge in [-0.3, -0.25) is 0 Å². The number of nitrogens with one attached hydrogen (secondary N) is 1. The van der Waals surface area contributed by atoms with E-state index in [0.29, 0.717) is 31.8 Å². The van der Waals surface area contributed by atoms with Gasteiger partial charge in [-0.05, 0) is 38.0 Å². The first-order valence-corrected chi connectivity index (χ1v) is 9.17. The van der Waals surface area contributed by atoms with E-state index in [2.05, 4.69) is 4.72 Å². The summed E-state index contributed by atoms with van der Waals surface area (Å²) in [4.78, 5) is 0. The van der Waals surface area contributed by atoms with Crippen LogP contribution in [-0.4, -0.2) is 51.4 Å². The Morgan fingerprint density at radius 2 is 1.87 bits per heavy atom. The van der Waals surface area contributed by atoms with Crippen LogP contribution in [-0.2, 0) is 21.4 Å². The standard InChI is InChI=1S/C15H22N2O5S/c1-11-8-17(9-12(2)22-11)23(18,19)16-6-5-13-3-4-14-15(7-13)21-10-20-14/h3-4,7,11-12,16H,5-6,8-10H2,1-2H3/t11-,12-/m1/s1. The molecule has 2 heterocycles. The molecule has 0 aliphatic carbocycles. The van der Waals surface area contributed by atoms with Gasteiger partial charge in [0.15, 0.2) is 11.5 Å². The first-order valence-electron chi connectivity index (χ1n) is 7.73. The highest BCUT2D eigenvalue weighted by molar-refractivity contribution is 7.87. The molecule has 1 N–H and O–H groups in total. The summed E-state index contributed by atoms with van der Waals surface area (Å²) < 4.78 is 45.0. The molecule has 0 saturated carbocycles. The molecule has 1 fully saturated rings. The third-order valence-corrected chi connectivity index (χ3v) is 5.41. The van der Waals surface area contributed by atoms with Crippen molar-refractivity contribution in [3.05, 3.63) is 23.8 Å². The average Bonchev–Trinajstić information content (AvgIpc) is 2.93. The Kier molecular flexibility index (Phi) is 4.77. The van der Waals surface area contributed by atoms with Crippen molar-refractivity contribution in [1.29, 1.82) is 0 Å². The van der Waals surface area contributed by atoms with Crippen LogP contribution < -0.4 is 14.2 Å². The molecular formula is C15H22N2O5S. The lowest BCUT2D eigenvalue weighted by Crippen LogP contribution is -2.52. The smallest absolute Gasteiger partial charge is 0.279 e. The minimum atomic E-state index is -3.48. The summed E-state index contributed by atoms with van der Waals surface area (Å²) in [5, 5.41) is 0. The lowest BCUT2D eigenvalue weighted by molar-refractivity contribution is -0.0443. The molecule has 1 aromatic carbocycles. The lowest BCUT2D eigenvalue weighted by Gasteiger charge is -2.34. The Morgan fingerprint density at radius 3 is 2.61 bits per heavy atom. The van der Waals surface area contributed by atoms with Gasteiger partial charge < -0.3 is 14.2 Å². The van der Waals surface area contributed by atoms with Gasteiger partial charge in [0, 0.05) is 19.6 Å². The topological polar surface area (TPSA) is 77.1 Å². The van der Waals surface area contributed by atoms with Crippen molar-refractivity contribution in [2.45, 2.75) is 32.5 Å². The van der Waals surface area contributed by atoms with Gasteiger partial charge >= 0.3 is 0 Å². The van der Waals surface area contributed by atoms with E-state index in [1.807, 2.05) is 32.0 Å². The van der Waals surface area contributed by atoms with Crippen LogP contribution in [0.1, 0.15) is 19.4 Å². The zero-order valence-electron chi connectivity index (χ0n) is 13.3. The summed E-state index contributed by atoms with van der Waals surface area (Å²) in [5.41, 5.74) is 1.00. The predicted octanol–water partition coefficient (Wildman–Crippen LogP) is 0.901. The summed E-state index contributed by atoms with van der Waals surface area (Å²) in [5.74, 6) is 1.44. The van der Waals surface area contributed by atoms with Crippen LogP contribution in [0.5, 0.6) is 11.5 Å². The highest BCUT2D eigenvalue weighted by Gasteiger charge is 2.30. The molecular weight excluding hydrogens is 320 g/mol. The number of rotatable bonds is 5. The van der Waals surface area contributed by atoms with Gasteiger partial charge in [0.2, 0.25) is 6.79 Å². The molecule has 0 bridgehead atoms. The fourth-order valence-corrected chi connectivity index (χ4v) is 4.19. The van der Waals surface area contributed by atoms with Gasteiger partial charge in [0.25, 0.3) is 10.2 Å². The van der Waals surface area contributed by atoms with Crippen molar-refractivity contribution < 1.29 is 22.6 Å². The second kappa shape index (κ2) is 6.64. The van der Waals surface area contributed by atoms with Crippen LogP contribution in [0.2, 0.25) is 0 Å². The van der Waals surface area contributed by atoms with E-state index < -0.39 is 10.2 Å². The summed E-state index contributed by atoms with van der Waals surface area (Å²) in [6.07, 6.45) is 0.402. The highest BCUT2D eigenvalue weighted by atomic mass is 32.2. The molecule has 0 amide bonds. The van der Waals surface area contributed by atoms with Crippen molar-refractivity contribution in [3.63, 3.8) is 0 Å². The van der Waals surface area contributed by atoms with Crippen LogP contribution in [0, 0.1) is 0 Å². The van der Waals surface area contributed by atoms with E-state index in [9.17, 15) is 8.42 Å². The third kappa shape index (κ3) is 3.95. The van der Waals surface area contributed by atoms with E-state index >= 15 is 0 Å². The van der Waals surface area contributed by atoms with Gasteiger partial charge in [0.1, 0.15) is 0 Å². The van der Waals surface area contributed by atoms with Crippen molar-refractivity contribution in [3.8, 4) is 11.5 Å². The van der Waals surface area contributed by atoms with Crippen LogP contribution in [0.15, 0.2) is 18.2 Å². The fraction of sp³-hybridized carbons (Fsp3) is 0.600. The van der Waals surface area contributed by atoms with E-state index in [1.54, 1.807) is 0 Å². The van der Waals surface area contributed by atoms with E-state index in [0.717, 1.165) is 11.3 Å². The molecule has 2 atom stereocenters. The molecule has 0 spiro atoms. The van der Waals surface area contributed by atoms with Crippen LogP contribution in [0.4, 0.5) is 0 Å². The second-order valence-electron chi connectivity index (χ2n) is 5.91. The zero-order chi connectivity index (χ0) is 16.4. The molecule has 0 aromatic heterocycles. The Bertz CT molecular complexity index is 654. The quantitative estimate of drug-likeness (QED) is 0.860. The molecule has 3 rings (SSSR count). The van der Waals surface area contributed by atoms with Crippen molar-refractivity contribution in [2.75, 3.05) is 26.4 Å². The maximum Gasteiger partial charge on any atom is 0.279 e. The number of nitrogens with zero attached hydrogens (tertiary/aromatic N) is 1. The molecule has 0 unspecified atom stereocenters. The number of ether oxygens (including phenoxy) is 3. The molecule has 23 heavy (non-hydrogen) atoms. The minimum Gasteiger partial charge on any atom is -0.454 e. The van der Waals surface area contributed by atoms with Gasteiger partial charge in [-0.1, -0.05) is 6.07 Å². The number of benzene rings is 1. The monoisotopic (exact) mass is 342 g/mol.